The largest absolute Gasteiger partial charge is 0.479 e. The number of piperidine rings is 1. The minimum Gasteiger partial charge on any atom is -0.479 e. The van der Waals surface area contributed by atoms with Crippen molar-refractivity contribution in [1.82, 2.24) is 14.1 Å². The van der Waals surface area contributed by atoms with Crippen molar-refractivity contribution in [2.75, 3.05) is 51.6 Å². The summed E-state index contributed by atoms with van der Waals surface area (Å²) < 4.78 is 34.0. The zero-order chi connectivity index (χ0) is 22.3. The number of hydrogen-bond acceptors (Lipinski definition) is 6. The number of carbonyl (C=O) groups excluding carboxylic acids is 2. The second-order valence-electron chi connectivity index (χ2n) is 8.69. The molecule has 170 valence electrons. The highest BCUT2D eigenvalue weighted by Gasteiger charge is 2.37. The molecule has 3 aliphatic rings. The zero-order valence-electron chi connectivity index (χ0n) is 18.3. The van der Waals surface area contributed by atoms with Crippen LogP contribution in [-0.4, -0.2) is 86.8 Å². The highest BCUT2D eigenvalue weighted by molar-refractivity contribution is 7.89. The molecule has 0 saturated carbocycles. The Bertz CT molecular complexity index is 988. The predicted octanol–water partition coefficient (Wildman–Crippen LogP) is 0.889. The number of rotatable bonds is 3. The summed E-state index contributed by atoms with van der Waals surface area (Å²) in [4.78, 5) is 29.1. The number of fused-ring (bicyclic) bond motifs is 1. The average Bonchev–Trinajstić information content (AvgIpc) is 2.74. The second-order valence-corrected chi connectivity index (χ2v) is 10.6. The standard InChI is InChI=1S/C21H30N4O5S/c1-14-11-17-18(30-15(2)20(26)22-17)12-19(14)31(28,29)25-6-4-5-16(13-25)21(27)24-9-7-23(3)8-10-24/h11-12,15-16H,4-10,13H2,1-3H3,(H,22,26)/t15-,16+/m1/s1. The van der Waals surface area contributed by atoms with Gasteiger partial charge in [0.05, 0.1) is 16.5 Å². The number of ether oxygens (including phenoxy) is 1. The summed E-state index contributed by atoms with van der Waals surface area (Å²) in [7, 11) is -1.77. The van der Waals surface area contributed by atoms with Crippen LogP contribution in [0.5, 0.6) is 5.75 Å². The van der Waals surface area contributed by atoms with Gasteiger partial charge in [-0.2, -0.15) is 4.31 Å². The third-order valence-electron chi connectivity index (χ3n) is 6.37. The topological polar surface area (TPSA) is 99.3 Å². The van der Waals surface area contributed by atoms with E-state index < -0.39 is 16.1 Å². The maximum absolute atomic E-state index is 13.5. The summed E-state index contributed by atoms with van der Waals surface area (Å²) in [6.45, 7) is 6.94. The van der Waals surface area contributed by atoms with Crippen LogP contribution in [0.3, 0.4) is 0 Å². The quantitative estimate of drug-likeness (QED) is 0.734. The molecule has 2 atom stereocenters. The van der Waals surface area contributed by atoms with E-state index in [-0.39, 0.29) is 29.2 Å². The summed E-state index contributed by atoms with van der Waals surface area (Å²) in [5.41, 5.74) is 1.01. The van der Waals surface area contributed by atoms with Crippen LogP contribution in [0.1, 0.15) is 25.3 Å². The lowest BCUT2D eigenvalue weighted by atomic mass is 9.98. The smallest absolute Gasteiger partial charge is 0.265 e. The Hall–Kier alpha value is -2.17. The van der Waals surface area contributed by atoms with E-state index in [0.717, 1.165) is 13.1 Å². The van der Waals surface area contributed by atoms with E-state index in [4.69, 9.17) is 4.74 Å². The van der Waals surface area contributed by atoms with Gasteiger partial charge in [0, 0.05) is 45.3 Å². The lowest BCUT2D eigenvalue weighted by Gasteiger charge is -2.37. The molecule has 2 saturated heterocycles. The Morgan fingerprint density at radius 2 is 1.87 bits per heavy atom. The molecule has 2 amide bonds. The third kappa shape index (κ3) is 4.28. The molecule has 0 aromatic heterocycles. The van der Waals surface area contributed by atoms with Crippen LogP contribution >= 0.6 is 0 Å². The van der Waals surface area contributed by atoms with Crippen molar-refractivity contribution in [3.8, 4) is 5.75 Å². The molecule has 3 aliphatic heterocycles. The summed E-state index contributed by atoms with van der Waals surface area (Å²) in [5, 5.41) is 2.74. The van der Waals surface area contributed by atoms with Crippen molar-refractivity contribution >= 4 is 27.5 Å². The first-order valence-electron chi connectivity index (χ1n) is 10.8. The molecule has 1 aromatic carbocycles. The molecule has 4 rings (SSSR count). The zero-order valence-corrected chi connectivity index (χ0v) is 19.1. The molecule has 0 spiro atoms. The second kappa shape index (κ2) is 8.40. The van der Waals surface area contributed by atoms with Crippen LogP contribution in [0.25, 0.3) is 0 Å². The van der Waals surface area contributed by atoms with Gasteiger partial charge in [-0.3, -0.25) is 9.59 Å². The van der Waals surface area contributed by atoms with Gasteiger partial charge in [-0.05, 0) is 45.4 Å². The fraction of sp³-hybridized carbons (Fsp3) is 0.619. The van der Waals surface area contributed by atoms with Gasteiger partial charge in [-0.1, -0.05) is 0 Å². The fourth-order valence-electron chi connectivity index (χ4n) is 4.41. The van der Waals surface area contributed by atoms with Gasteiger partial charge < -0.3 is 19.9 Å². The molecular weight excluding hydrogens is 420 g/mol. The monoisotopic (exact) mass is 450 g/mol. The molecule has 10 heteroatoms. The van der Waals surface area contributed by atoms with Crippen molar-refractivity contribution < 1.29 is 22.7 Å². The first kappa shape index (κ1) is 22.0. The highest BCUT2D eigenvalue weighted by atomic mass is 32.2. The Morgan fingerprint density at radius 3 is 2.58 bits per heavy atom. The maximum atomic E-state index is 13.5. The van der Waals surface area contributed by atoms with Gasteiger partial charge in [-0.25, -0.2) is 8.42 Å². The third-order valence-corrected chi connectivity index (χ3v) is 8.38. The van der Waals surface area contributed by atoms with Crippen molar-refractivity contribution in [2.24, 2.45) is 5.92 Å². The Balaban J connectivity index is 1.54. The molecule has 0 radical (unpaired) electrons. The Labute approximate surface area is 183 Å². The molecule has 9 nitrogen and oxygen atoms in total. The summed E-state index contributed by atoms with van der Waals surface area (Å²) in [6.07, 6.45) is 0.663. The molecular formula is C21H30N4O5S. The van der Waals surface area contributed by atoms with E-state index >= 15 is 0 Å². The normalized spacial score (nSPS) is 25.5. The van der Waals surface area contributed by atoms with Crippen molar-refractivity contribution in [2.45, 2.75) is 37.7 Å². The van der Waals surface area contributed by atoms with E-state index in [0.29, 0.717) is 49.5 Å². The lowest BCUT2D eigenvalue weighted by molar-refractivity contribution is -0.138. The molecule has 0 bridgehead atoms. The van der Waals surface area contributed by atoms with Gasteiger partial charge in [0.1, 0.15) is 5.75 Å². The predicted molar refractivity (Wildman–Crippen MR) is 115 cm³/mol. The summed E-state index contributed by atoms with van der Waals surface area (Å²) in [6, 6.07) is 3.12. The number of amides is 2. The number of nitrogens with one attached hydrogen (secondary N) is 1. The van der Waals surface area contributed by atoms with Crippen LogP contribution < -0.4 is 10.1 Å². The average molecular weight is 451 g/mol. The van der Waals surface area contributed by atoms with Crippen molar-refractivity contribution in [1.29, 1.82) is 0 Å². The Morgan fingerprint density at radius 1 is 1.16 bits per heavy atom. The molecule has 0 unspecified atom stereocenters. The minimum atomic E-state index is -3.80. The number of likely N-dealkylation sites (N-methyl/N-ethyl adjacent to an activating group) is 1. The molecule has 2 fully saturated rings. The van der Waals surface area contributed by atoms with Crippen LogP contribution in [0.4, 0.5) is 5.69 Å². The SMILES string of the molecule is Cc1cc2c(cc1S(=O)(=O)N1CCC[C@H](C(=O)N3CCN(C)CC3)C1)O[C@H](C)C(=O)N2. The number of sulfonamides is 1. The molecule has 1 aromatic rings. The number of anilines is 1. The van der Waals surface area contributed by atoms with Gasteiger partial charge >= 0.3 is 0 Å². The van der Waals surface area contributed by atoms with E-state index in [1.807, 2.05) is 11.9 Å². The number of aryl methyl sites for hydroxylation is 1. The van der Waals surface area contributed by atoms with Crippen molar-refractivity contribution in [3.05, 3.63) is 17.7 Å². The van der Waals surface area contributed by atoms with Crippen molar-refractivity contribution in [3.63, 3.8) is 0 Å². The van der Waals surface area contributed by atoms with Crippen LogP contribution in [0.2, 0.25) is 0 Å². The van der Waals surface area contributed by atoms with Gasteiger partial charge in [0.15, 0.2) is 6.10 Å². The first-order valence-corrected chi connectivity index (χ1v) is 12.2. The lowest BCUT2D eigenvalue weighted by Crippen LogP contribution is -2.52. The van der Waals surface area contributed by atoms with Gasteiger partial charge in [0.2, 0.25) is 15.9 Å². The maximum Gasteiger partial charge on any atom is 0.265 e. The number of piperazine rings is 1. The number of carbonyl (C=O) groups is 2. The van der Waals surface area contributed by atoms with Crippen LogP contribution in [0, 0.1) is 12.8 Å². The van der Waals surface area contributed by atoms with E-state index in [1.165, 1.54) is 10.4 Å². The summed E-state index contributed by atoms with van der Waals surface area (Å²) in [5.74, 6) is -0.183. The van der Waals surface area contributed by atoms with E-state index in [2.05, 4.69) is 10.2 Å². The van der Waals surface area contributed by atoms with Gasteiger partial charge in [-0.15, -0.1) is 0 Å². The highest BCUT2D eigenvalue weighted by Crippen LogP contribution is 2.36. The summed E-state index contributed by atoms with van der Waals surface area (Å²) >= 11 is 0. The van der Waals surface area contributed by atoms with Crippen LogP contribution in [0.15, 0.2) is 17.0 Å². The van der Waals surface area contributed by atoms with E-state index in [9.17, 15) is 18.0 Å². The fourth-order valence-corrected chi connectivity index (χ4v) is 6.15. The first-order chi connectivity index (χ1) is 14.7. The number of hydrogen-bond donors (Lipinski definition) is 1. The van der Waals surface area contributed by atoms with E-state index in [1.54, 1.807) is 19.9 Å². The molecule has 3 heterocycles. The Kier molecular flexibility index (Phi) is 5.97. The number of benzene rings is 1. The molecule has 31 heavy (non-hydrogen) atoms. The minimum absolute atomic E-state index is 0.0510. The molecule has 1 N–H and O–H groups in total. The van der Waals surface area contributed by atoms with Gasteiger partial charge in [0.25, 0.3) is 5.91 Å². The molecule has 0 aliphatic carbocycles. The van der Waals surface area contributed by atoms with Crippen LogP contribution in [-0.2, 0) is 19.6 Å². The number of nitrogens with zero attached hydrogens (tertiary/aromatic N) is 3.